The number of aromatic nitrogens is 1. The summed E-state index contributed by atoms with van der Waals surface area (Å²) in [6.45, 7) is 10.8. The number of nitrogens with zero attached hydrogens (tertiary/aromatic N) is 3. The molecule has 0 spiro atoms. The molecule has 0 unspecified atom stereocenters. The molecule has 3 aromatic rings. The van der Waals surface area contributed by atoms with E-state index in [1.165, 1.54) is 33.1 Å². The van der Waals surface area contributed by atoms with E-state index in [1.807, 2.05) is 0 Å². The highest BCUT2D eigenvalue weighted by atomic mass is 16.7. The summed E-state index contributed by atoms with van der Waals surface area (Å²) >= 11 is 0. The van der Waals surface area contributed by atoms with Crippen LogP contribution >= 0.6 is 0 Å². The third-order valence-electron chi connectivity index (χ3n) is 7.40. The number of fused-ring (bicyclic) bond motifs is 1. The summed E-state index contributed by atoms with van der Waals surface area (Å²) in [5.74, 6) is -1.47. The Bertz CT molecular complexity index is 1600. The average Bonchev–Trinajstić information content (AvgIpc) is 3.44. The molecule has 0 aliphatic heterocycles. The lowest BCUT2D eigenvalue weighted by Crippen LogP contribution is -2.16. The number of methoxy groups -OCH3 is 1. The second-order valence-electron chi connectivity index (χ2n) is 11.1. The van der Waals surface area contributed by atoms with E-state index < -0.39 is 16.7 Å². The summed E-state index contributed by atoms with van der Waals surface area (Å²) in [6, 6.07) is 11.1. The molecule has 1 heterocycles. The number of nitro benzene ring substituents is 1. The molecule has 0 atom stereocenters. The molecule has 0 fully saturated rings. The number of Topliss-reactive ketones (excluding diaryl/α,β-unsaturated/α-hetero) is 2. The lowest BCUT2D eigenvalue weighted by molar-refractivity contribution is -0.384. The largest absolute Gasteiger partial charge is 0.469 e. The summed E-state index contributed by atoms with van der Waals surface area (Å²) in [4.78, 5) is 63.9. The van der Waals surface area contributed by atoms with Crippen molar-refractivity contribution in [3.63, 3.8) is 0 Å². The van der Waals surface area contributed by atoms with E-state index in [1.54, 1.807) is 41.1 Å². The predicted octanol–water partition coefficient (Wildman–Crippen LogP) is 8.50. The molecule has 0 aliphatic carbocycles. The summed E-state index contributed by atoms with van der Waals surface area (Å²) in [6.07, 6.45) is 10.3. The topological polar surface area (TPSA) is 147 Å². The number of hydrogen-bond donors (Lipinski definition) is 0. The first-order valence-electron chi connectivity index (χ1n) is 15.9. The van der Waals surface area contributed by atoms with Gasteiger partial charge in [0.05, 0.1) is 17.5 Å². The van der Waals surface area contributed by atoms with Gasteiger partial charge in [0.1, 0.15) is 5.71 Å². The van der Waals surface area contributed by atoms with Crippen molar-refractivity contribution < 1.29 is 33.7 Å². The zero-order valence-corrected chi connectivity index (χ0v) is 28.0. The molecule has 252 valence electrons. The maximum atomic E-state index is 13.9. The first kappa shape index (κ1) is 38.3. The monoisotopic (exact) mass is 647 g/mol. The van der Waals surface area contributed by atoms with Gasteiger partial charge in [-0.3, -0.25) is 24.5 Å². The second-order valence-corrected chi connectivity index (χ2v) is 11.1. The van der Waals surface area contributed by atoms with Gasteiger partial charge in [-0.2, -0.15) is 0 Å². The number of rotatable bonds is 17. The molecule has 0 radical (unpaired) electrons. The molecule has 0 saturated carbocycles. The number of allylic oxidation sites excluding steroid dienone is 1. The van der Waals surface area contributed by atoms with Crippen molar-refractivity contribution >= 4 is 45.8 Å². The number of benzene rings is 2. The maximum absolute atomic E-state index is 13.9. The molecule has 0 N–H and O–H groups in total. The van der Waals surface area contributed by atoms with Gasteiger partial charge in [0.2, 0.25) is 5.78 Å². The molecule has 11 heteroatoms. The molecule has 2 aromatic carbocycles. The zero-order chi connectivity index (χ0) is 34.9. The Hall–Kier alpha value is -4.93. The van der Waals surface area contributed by atoms with Crippen molar-refractivity contribution in [2.75, 3.05) is 7.11 Å². The zero-order valence-electron chi connectivity index (χ0n) is 28.0. The van der Waals surface area contributed by atoms with Gasteiger partial charge in [0.15, 0.2) is 5.78 Å². The minimum atomic E-state index is -0.632. The van der Waals surface area contributed by atoms with Crippen LogP contribution in [-0.4, -0.2) is 45.8 Å². The van der Waals surface area contributed by atoms with Crippen molar-refractivity contribution in [3.05, 3.63) is 82.1 Å². The lowest BCUT2D eigenvalue weighted by Gasteiger charge is -2.08. The summed E-state index contributed by atoms with van der Waals surface area (Å²) in [5.41, 5.74) is 2.51. The lowest BCUT2D eigenvalue weighted by atomic mass is 9.96. The highest BCUT2D eigenvalue weighted by molar-refractivity contribution is 6.48. The van der Waals surface area contributed by atoms with E-state index >= 15 is 0 Å². The molecule has 0 saturated heterocycles. The Kier molecular flexibility index (Phi) is 15.9. The van der Waals surface area contributed by atoms with E-state index in [4.69, 9.17) is 4.84 Å². The first-order valence-corrected chi connectivity index (χ1v) is 15.9. The number of ketones is 2. The molecule has 0 aliphatic rings. The SMILES string of the molecule is C=C(CCCCCC)C(=O)c1ccc2c(c1)c(C(=O)/C(CCCCCC)=N/OC(C)=O)cn2-c1ccc([N+](=O)[O-])cc1.COC(C)=O. The van der Waals surface area contributed by atoms with E-state index in [0.717, 1.165) is 44.9 Å². The third-order valence-corrected chi connectivity index (χ3v) is 7.40. The maximum Gasteiger partial charge on any atom is 0.331 e. The van der Waals surface area contributed by atoms with Crippen molar-refractivity contribution in [1.29, 1.82) is 0 Å². The smallest absolute Gasteiger partial charge is 0.331 e. The number of carbonyl (C=O) groups is 4. The van der Waals surface area contributed by atoms with Gasteiger partial charge in [-0.15, -0.1) is 0 Å². The molecule has 1 aromatic heterocycles. The standard InChI is InChI=1S/C33H39N3O6.C3H6O2/c1-5-7-9-11-13-23(3)32(38)25-15-20-31-28(21-25)29(22-35(31)26-16-18-27(19-17-26)36(40)41)33(39)30(34-42-24(4)37)14-12-10-8-6-2;1-3(4)5-2/h15-22H,3,5-14H2,1-2,4H3;1-2H3/b34-30+;. The molecule has 3 rings (SSSR count). The number of hydrogen-bond acceptors (Lipinski definition) is 9. The van der Waals surface area contributed by atoms with Crippen molar-refractivity contribution in [2.45, 2.75) is 91.9 Å². The first-order chi connectivity index (χ1) is 22.4. The van der Waals surface area contributed by atoms with E-state index in [2.05, 4.69) is 30.3 Å². The van der Waals surface area contributed by atoms with E-state index in [9.17, 15) is 29.3 Å². The quantitative estimate of drug-likeness (QED) is 0.0207. The number of non-ortho nitro benzene ring substituents is 1. The van der Waals surface area contributed by atoms with Crippen LogP contribution in [0.25, 0.3) is 16.6 Å². The highest BCUT2D eigenvalue weighted by Crippen LogP contribution is 2.29. The molecule has 11 nitrogen and oxygen atoms in total. The van der Waals surface area contributed by atoms with E-state index in [-0.39, 0.29) is 28.7 Å². The van der Waals surface area contributed by atoms with Gasteiger partial charge in [0.25, 0.3) is 5.69 Å². The van der Waals surface area contributed by atoms with Crippen LogP contribution in [0.1, 0.15) is 113 Å². The fourth-order valence-corrected chi connectivity index (χ4v) is 4.78. The molecule has 47 heavy (non-hydrogen) atoms. The minimum absolute atomic E-state index is 0.0558. The summed E-state index contributed by atoms with van der Waals surface area (Å²) in [7, 11) is 1.35. The minimum Gasteiger partial charge on any atom is -0.469 e. The Balaban J connectivity index is 0.00000142. The summed E-state index contributed by atoms with van der Waals surface area (Å²) in [5, 5.41) is 15.6. The highest BCUT2D eigenvalue weighted by Gasteiger charge is 2.23. The number of esters is 1. The van der Waals surface area contributed by atoms with Crippen LogP contribution in [0.2, 0.25) is 0 Å². The van der Waals surface area contributed by atoms with Gasteiger partial charge >= 0.3 is 11.9 Å². The Morgan fingerprint density at radius 3 is 1.98 bits per heavy atom. The molecular formula is C36H45N3O8. The van der Waals surface area contributed by atoms with E-state index in [0.29, 0.717) is 47.0 Å². The number of carbonyl (C=O) groups excluding carboxylic acids is 4. The fourth-order valence-electron chi connectivity index (χ4n) is 4.78. The van der Waals surface area contributed by atoms with Crippen molar-refractivity contribution in [2.24, 2.45) is 5.16 Å². The number of nitro groups is 1. The van der Waals surface area contributed by atoms with Crippen LogP contribution in [0.5, 0.6) is 0 Å². The second kappa shape index (κ2) is 19.6. The van der Waals surface area contributed by atoms with Gasteiger partial charge < -0.3 is 14.1 Å². The molecular weight excluding hydrogens is 602 g/mol. The molecule has 0 bridgehead atoms. The van der Waals surface area contributed by atoms with Gasteiger partial charge in [0, 0.05) is 54.4 Å². The third kappa shape index (κ3) is 11.7. The van der Waals surface area contributed by atoms with Gasteiger partial charge in [-0.05, 0) is 61.6 Å². The number of oxime groups is 1. The normalized spacial score (nSPS) is 11.0. The molecule has 0 amide bonds. The van der Waals surface area contributed by atoms with Crippen LogP contribution in [0.3, 0.4) is 0 Å². The van der Waals surface area contributed by atoms with Crippen LogP contribution in [0.15, 0.2) is 66.0 Å². The Labute approximate surface area is 275 Å². The van der Waals surface area contributed by atoms with Gasteiger partial charge in [-0.1, -0.05) is 64.1 Å². The van der Waals surface area contributed by atoms with Crippen LogP contribution in [0, 0.1) is 10.1 Å². The number of ether oxygens (including phenoxy) is 1. The van der Waals surface area contributed by atoms with Crippen LogP contribution < -0.4 is 0 Å². The summed E-state index contributed by atoms with van der Waals surface area (Å²) < 4.78 is 5.86. The predicted molar refractivity (Wildman–Crippen MR) is 182 cm³/mol. The van der Waals surface area contributed by atoms with Crippen LogP contribution in [-0.2, 0) is 19.2 Å². The Morgan fingerprint density at radius 1 is 0.851 bits per heavy atom. The number of unbranched alkanes of at least 4 members (excludes halogenated alkanes) is 6. The Morgan fingerprint density at radius 2 is 1.45 bits per heavy atom. The van der Waals surface area contributed by atoms with Crippen molar-refractivity contribution in [1.82, 2.24) is 4.57 Å². The van der Waals surface area contributed by atoms with Crippen LogP contribution in [0.4, 0.5) is 5.69 Å². The van der Waals surface area contributed by atoms with Crippen molar-refractivity contribution in [3.8, 4) is 5.69 Å². The average molecular weight is 648 g/mol. The fraction of sp³-hybridized carbons (Fsp3) is 0.417. The van der Waals surface area contributed by atoms with Gasteiger partial charge in [-0.25, -0.2) is 4.79 Å².